The molecule has 0 aromatic carbocycles. The molecule has 19 atom stereocenters. The molecule has 72 heavy (non-hydrogen) atoms. The largest absolute Gasteiger partial charge is 0.480 e. The Morgan fingerprint density at radius 3 is 2.15 bits per heavy atom. The number of nitrogens with one attached hydrogen (secondary N) is 2. The predicted molar refractivity (Wildman–Crippen MR) is 290 cm³/mol. The Balaban J connectivity index is 0.863. The van der Waals surface area contributed by atoms with Crippen LogP contribution in [-0.2, 0) is 19.1 Å². The molecule has 0 aromatic heterocycles. The average Bonchev–Trinajstić information content (AvgIpc) is 3.90. The number of allylic oxidation sites excluding steroid dienone is 1. The van der Waals surface area contributed by atoms with Gasteiger partial charge in [-0.1, -0.05) is 114 Å². The number of amides is 1. The lowest BCUT2D eigenvalue weighted by molar-refractivity contribution is -0.243. The molecule has 0 radical (unpaired) electrons. The zero-order chi connectivity index (χ0) is 52.0. The van der Waals surface area contributed by atoms with E-state index in [-0.39, 0.29) is 44.6 Å². The third-order valence-corrected chi connectivity index (χ3v) is 26.2. The molecule has 8 heteroatoms. The molecule has 1 amide bonds. The van der Waals surface area contributed by atoms with Gasteiger partial charge in [0.15, 0.2) is 0 Å². The van der Waals surface area contributed by atoms with Crippen LogP contribution in [0, 0.1) is 109 Å². The van der Waals surface area contributed by atoms with E-state index >= 15 is 4.79 Å². The van der Waals surface area contributed by atoms with Crippen LogP contribution in [0.5, 0.6) is 0 Å². The fourth-order valence-electron chi connectivity index (χ4n) is 22.2. The molecule has 9 aliphatic carbocycles. The van der Waals surface area contributed by atoms with Crippen molar-refractivity contribution in [1.82, 2.24) is 10.6 Å². The summed E-state index contributed by atoms with van der Waals surface area (Å²) in [5.41, 5.74) is 2.80. The molecule has 0 spiro atoms. The Morgan fingerprint density at radius 2 is 1.44 bits per heavy atom. The zero-order valence-electron chi connectivity index (χ0n) is 48.2. The van der Waals surface area contributed by atoms with Crippen LogP contribution in [-0.4, -0.2) is 55.0 Å². The van der Waals surface area contributed by atoms with Crippen molar-refractivity contribution in [2.24, 2.45) is 109 Å². The van der Waals surface area contributed by atoms with E-state index in [0.717, 1.165) is 80.6 Å². The van der Waals surface area contributed by atoms with Crippen molar-refractivity contribution in [3.63, 3.8) is 0 Å². The van der Waals surface area contributed by atoms with Crippen molar-refractivity contribution in [1.29, 1.82) is 0 Å². The summed E-state index contributed by atoms with van der Waals surface area (Å²) < 4.78 is 11.7. The summed E-state index contributed by atoms with van der Waals surface area (Å²) in [6, 6.07) is -0.588. The third kappa shape index (κ3) is 8.80. The molecule has 9 rings (SSSR count). The summed E-state index contributed by atoms with van der Waals surface area (Å²) in [6.45, 7) is 31.5. The van der Waals surface area contributed by atoms with Crippen LogP contribution in [0.2, 0.25) is 0 Å². The number of esters is 1. The molecule has 9 aliphatic rings. The first-order valence-electron chi connectivity index (χ1n) is 30.6. The molecule has 8 nitrogen and oxygen atoms in total. The molecule has 0 heterocycles. The minimum atomic E-state index is -1.03. The zero-order valence-corrected chi connectivity index (χ0v) is 48.2. The summed E-state index contributed by atoms with van der Waals surface area (Å²) in [5, 5.41) is 16.1. The lowest BCUT2D eigenvalue weighted by Gasteiger charge is -2.73. The van der Waals surface area contributed by atoms with Gasteiger partial charge in [0.05, 0.1) is 12.5 Å². The van der Waals surface area contributed by atoms with Gasteiger partial charge in [-0.2, -0.15) is 0 Å². The normalized spacial score (nSPS) is 45.7. The lowest BCUT2D eigenvalue weighted by atomic mass is 9.32. The predicted octanol–water partition coefficient (Wildman–Crippen LogP) is 15.2. The molecule has 3 N–H and O–H groups in total. The first-order chi connectivity index (χ1) is 33.9. The second-order valence-corrected chi connectivity index (χ2v) is 29.9. The van der Waals surface area contributed by atoms with Gasteiger partial charge in [0, 0.05) is 12.5 Å². The number of methoxy groups -OCH3 is 1. The standard InChI is InChI=1S/C64H106N2O6/c1-39(2)16-14-17-41(5)46-21-22-47-45-20-19-42-38-43(25-30-59(42,8)48(45)27-31-60(46,47)9)72-56(69)64-34-26-44(40(3)4)54(64)49-23-24-52-61(10)32-29-53(65-37-15-18-50(55(67)68)66-57(70)71-13)58(6,7)51(61)28-33-63(52,12)62(49,11)35-36-64/h19,39-41,43-54,65H,14-18,20-38H2,1-13H3,(H,66,70)(H,67,68)/t41-,43-,44?,45+,46-,47+,48+,49-,50?,51?,52-,53?,54?,59+,60-,61+,62-,63-,64+/m1/s1. The van der Waals surface area contributed by atoms with Gasteiger partial charge in [0.2, 0.25) is 0 Å². The first kappa shape index (κ1) is 54.7. The summed E-state index contributed by atoms with van der Waals surface area (Å²) in [7, 11) is 1.26. The number of aliphatic carboxylic acids is 1. The van der Waals surface area contributed by atoms with Crippen LogP contribution in [0.4, 0.5) is 4.79 Å². The van der Waals surface area contributed by atoms with Crippen molar-refractivity contribution in [3.8, 4) is 0 Å². The van der Waals surface area contributed by atoms with E-state index in [1.54, 1.807) is 5.57 Å². The van der Waals surface area contributed by atoms with E-state index in [0.29, 0.717) is 59.8 Å². The maximum Gasteiger partial charge on any atom is 0.407 e. The van der Waals surface area contributed by atoms with Crippen LogP contribution in [0.3, 0.4) is 0 Å². The summed E-state index contributed by atoms with van der Waals surface area (Å²) >= 11 is 0. The van der Waals surface area contributed by atoms with Crippen molar-refractivity contribution >= 4 is 18.0 Å². The number of hydrogen-bond donors (Lipinski definition) is 3. The Morgan fingerprint density at radius 1 is 0.708 bits per heavy atom. The summed E-state index contributed by atoms with van der Waals surface area (Å²) in [6.07, 6.45) is 29.0. The first-order valence-corrected chi connectivity index (χ1v) is 30.6. The highest BCUT2D eigenvalue weighted by Crippen LogP contribution is 2.78. The molecule has 5 unspecified atom stereocenters. The Labute approximate surface area is 439 Å². The number of ether oxygens (including phenoxy) is 2. The van der Waals surface area contributed by atoms with Crippen molar-refractivity contribution in [2.75, 3.05) is 13.7 Å². The molecule has 408 valence electrons. The number of carboxylic acids is 1. The average molecular weight is 1000 g/mol. The molecule has 8 saturated carbocycles. The van der Waals surface area contributed by atoms with Gasteiger partial charge in [-0.25, -0.2) is 9.59 Å². The van der Waals surface area contributed by atoms with Crippen molar-refractivity contribution < 1.29 is 29.0 Å². The number of fused-ring (bicyclic) bond motifs is 12. The van der Waals surface area contributed by atoms with Crippen LogP contribution in [0.1, 0.15) is 231 Å². The Hall–Kier alpha value is -2.09. The number of carboxylic acid groups (broad SMARTS) is 1. The Bertz CT molecular complexity index is 2030. The van der Waals surface area contributed by atoms with Gasteiger partial charge in [0.25, 0.3) is 0 Å². The number of rotatable bonds is 15. The molecule has 8 fully saturated rings. The third-order valence-electron chi connectivity index (χ3n) is 26.2. The maximum atomic E-state index is 15.5. The van der Waals surface area contributed by atoms with Crippen LogP contribution < -0.4 is 10.6 Å². The fraction of sp³-hybridized carbons (Fsp3) is 0.922. The fourth-order valence-corrected chi connectivity index (χ4v) is 22.2. The van der Waals surface area contributed by atoms with Gasteiger partial charge in [0.1, 0.15) is 12.1 Å². The maximum absolute atomic E-state index is 15.5. The Kier molecular flexibility index (Phi) is 15.2. The van der Waals surface area contributed by atoms with E-state index in [1.165, 1.54) is 103 Å². The van der Waals surface area contributed by atoms with Gasteiger partial charge < -0.3 is 25.2 Å². The van der Waals surface area contributed by atoms with E-state index < -0.39 is 18.1 Å². The smallest absolute Gasteiger partial charge is 0.407 e. The van der Waals surface area contributed by atoms with Crippen LogP contribution in [0.25, 0.3) is 0 Å². The molecule has 0 aromatic rings. The van der Waals surface area contributed by atoms with Gasteiger partial charge in [-0.15, -0.1) is 0 Å². The quantitative estimate of drug-likeness (QED) is 0.0851. The molecular formula is C64H106N2O6. The lowest BCUT2D eigenvalue weighted by Crippen LogP contribution is -2.68. The minimum absolute atomic E-state index is 0.0212. The highest BCUT2D eigenvalue weighted by Gasteiger charge is 2.72. The molecule has 0 aliphatic heterocycles. The van der Waals surface area contributed by atoms with Crippen molar-refractivity contribution in [3.05, 3.63) is 11.6 Å². The highest BCUT2D eigenvalue weighted by molar-refractivity contribution is 5.80. The van der Waals surface area contributed by atoms with E-state index in [1.807, 2.05) is 0 Å². The van der Waals surface area contributed by atoms with E-state index in [4.69, 9.17) is 4.74 Å². The van der Waals surface area contributed by atoms with Gasteiger partial charge in [-0.05, 0) is 232 Å². The minimum Gasteiger partial charge on any atom is -0.480 e. The molecular weight excluding hydrogens is 893 g/mol. The molecule has 0 bridgehead atoms. The number of carbonyl (C=O) groups is 3. The van der Waals surface area contributed by atoms with E-state index in [9.17, 15) is 14.7 Å². The number of hydrogen-bond acceptors (Lipinski definition) is 6. The van der Waals surface area contributed by atoms with Crippen molar-refractivity contribution in [2.45, 2.75) is 249 Å². The second kappa shape index (κ2) is 20.0. The number of alkyl carbamates (subject to hydrolysis) is 1. The highest BCUT2D eigenvalue weighted by atomic mass is 16.5. The SMILES string of the molecule is COC(=O)NC(CCCNC1CC[C@@]2(C)C(CC[C@]3(C)[C@@H]2CC[C@@H]2C4C(C(C)C)CC[C@]4(C(=O)O[C@@H]4CC[C@@]5(C)C(=CC[C@H]6[C@@H]7CC[C@H]([C@H](C)CCCC(C)C)[C@@]7(C)CC[C@@H]65)C4)CC[C@]23C)C1(C)C)C(=O)O. The monoisotopic (exact) mass is 999 g/mol. The summed E-state index contributed by atoms with van der Waals surface area (Å²) in [5.74, 6) is 7.52. The second-order valence-electron chi connectivity index (χ2n) is 29.9. The molecule has 0 saturated heterocycles. The van der Waals surface area contributed by atoms with Gasteiger partial charge in [-0.3, -0.25) is 4.79 Å². The number of carbonyl (C=O) groups excluding carboxylic acids is 2. The van der Waals surface area contributed by atoms with Gasteiger partial charge >= 0.3 is 18.0 Å². The van der Waals surface area contributed by atoms with E-state index in [2.05, 4.69) is 105 Å². The van der Waals surface area contributed by atoms with Crippen LogP contribution in [0.15, 0.2) is 11.6 Å². The topological polar surface area (TPSA) is 114 Å². The van der Waals surface area contributed by atoms with Crippen LogP contribution >= 0.6 is 0 Å². The summed E-state index contributed by atoms with van der Waals surface area (Å²) in [4.78, 5) is 39.1.